The summed E-state index contributed by atoms with van der Waals surface area (Å²) < 4.78 is 5.58. The van der Waals surface area contributed by atoms with Gasteiger partial charge in [0.1, 0.15) is 11.3 Å². The van der Waals surface area contributed by atoms with Crippen molar-refractivity contribution in [2.24, 2.45) is 11.8 Å². The van der Waals surface area contributed by atoms with Gasteiger partial charge in [0, 0.05) is 11.6 Å². The molecule has 2 aromatic rings. The van der Waals surface area contributed by atoms with Crippen molar-refractivity contribution in [1.82, 2.24) is 10.2 Å². The van der Waals surface area contributed by atoms with Crippen LogP contribution >= 0.6 is 0 Å². The first-order valence-electron chi connectivity index (χ1n) is 11.2. The molecule has 0 aromatic heterocycles. The molecule has 1 N–H and O–H groups in total. The van der Waals surface area contributed by atoms with Crippen LogP contribution in [0.25, 0.3) is 6.08 Å². The first kappa shape index (κ1) is 21.1. The van der Waals surface area contributed by atoms with Gasteiger partial charge in [0.2, 0.25) is 0 Å². The number of carbonyl (C=O) groups is 4. The number of carbonyl (C=O) groups excluding carboxylic acids is 4. The molecule has 5 rings (SSSR count). The fraction of sp³-hybridized carbons (Fsp3) is 0.308. The number of rotatable bonds is 4. The third-order valence-electron chi connectivity index (χ3n) is 6.84. The van der Waals surface area contributed by atoms with Crippen molar-refractivity contribution in [2.45, 2.75) is 38.6 Å². The second-order valence-electron chi connectivity index (χ2n) is 9.03. The van der Waals surface area contributed by atoms with Gasteiger partial charge in [-0.05, 0) is 62.3 Å². The number of hydrogen-bond acceptors (Lipinski definition) is 5. The molecule has 7 heteroatoms. The average Bonchev–Trinajstić information content (AvgIpc) is 3.41. The molecule has 3 fully saturated rings. The number of para-hydroxylation sites is 1. The Morgan fingerprint density at radius 2 is 1.88 bits per heavy atom. The summed E-state index contributed by atoms with van der Waals surface area (Å²) in [4.78, 5) is 52.3. The van der Waals surface area contributed by atoms with E-state index in [1.807, 2.05) is 13.0 Å². The van der Waals surface area contributed by atoms with Gasteiger partial charge in [-0.25, -0.2) is 9.59 Å². The highest BCUT2D eigenvalue weighted by atomic mass is 16.5. The summed E-state index contributed by atoms with van der Waals surface area (Å²) in [6, 6.07) is 12.9. The summed E-state index contributed by atoms with van der Waals surface area (Å²) in [6.07, 6.45) is 5.33. The lowest BCUT2D eigenvalue weighted by Gasteiger charge is -2.35. The maximum Gasteiger partial charge on any atom is 0.343 e. The normalized spacial score (nSPS) is 25.5. The molecule has 2 saturated carbocycles. The van der Waals surface area contributed by atoms with Gasteiger partial charge in [-0.3, -0.25) is 19.8 Å². The molecule has 3 atom stereocenters. The van der Waals surface area contributed by atoms with Crippen LogP contribution < -0.4 is 10.1 Å². The topological polar surface area (TPSA) is 92.8 Å². The molecule has 2 bridgehead atoms. The zero-order valence-corrected chi connectivity index (χ0v) is 18.2. The van der Waals surface area contributed by atoms with Gasteiger partial charge in [-0.1, -0.05) is 42.3 Å². The third-order valence-corrected chi connectivity index (χ3v) is 6.84. The van der Waals surface area contributed by atoms with Crippen LogP contribution in [0.15, 0.2) is 54.1 Å². The van der Waals surface area contributed by atoms with E-state index in [1.54, 1.807) is 42.5 Å². The number of barbiturate groups is 1. The van der Waals surface area contributed by atoms with Crippen molar-refractivity contribution in [3.63, 3.8) is 0 Å². The summed E-state index contributed by atoms with van der Waals surface area (Å²) in [5.41, 5.74) is 1.59. The molecule has 4 amide bonds. The number of ether oxygens (including phenoxy) is 1. The predicted molar refractivity (Wildman–Crippen MR) is 120 cm³/mol. The molecule has 33 heavy (non-hydrogen) atoms. The predicted octanol–water partition coefficient (Wildman–Crippen LogP) is 3.86. The summed E-state index contributed by atoms with van der Waals surface area (Å²) in [7, 11) is 0. The SMILES string of the molecule is Cc1cccc(C(=O)Oc2ccccc2/C=C2/C(=O)NC(=O)N([C@H]3C[C@H]4CC[C@H]3C4)C2=O)c1. The van der Waals surface area contributed by atoms with E-state index in [2.05, 4.69) is 5.32 Å². The smallest absolute Gasteiger partial charge is 0.343 e. The number of nitrogens with zero attached hydrogens (tertiary/aromatic N) is 1. The zero-order valence-electron chi connectivity index (χ0n) is 18.2. The van der Waals surface area contributed by atoms with Crippen molar-refractivity contribution >= 4 is 29.9 Å². The molecule has 1 heterocycles. The lowest BCUT2D eigenvalue weighted by atomic mass is 9.93. The zero-order chi connectivity index (χ0) is 23.1. The standard InChI is InChI=1S/C26H24N2O5/c1-15-5-4-7-19(11-15)25(31)33-22-8-3-2-6-18(22)14-20-23(29)27-26(32)28(24(20)30)21-13-16-9-10-17(21)12-16/h2-8,11,14,16-17,21H,9-10,12-13H2,1H3,(H,27,29,32)/b20-14-/t16-,17-,21-/m0/s1. The van der Waals surface area contributed by atoms with Crippen LogP contribution in [0.2, 0.25) is 0 Å². The molecule has 0 radical (unpaired) electrons. The molecular formula is C26H24N2O5. The summed E-state index contributed by atoms with van der Waals surface area (Å²) >= 11 is 0. The highest BCUT2D eigenvalue weighted by Crippen LogP contribution is 2.47. The summed E-state index contributed by atoms with van der Waals surface area (Å²) in [5.74, 6) is -0.831. The number of esters is 1. The number of hydrogen-bond donors (Lipinski definition) is 1. The average molecular weight is 444 g/mol. The Morgan fingerprint density at radius 1 is 1.06 bits per heavy atom. The maximum atomic E-state index is 13.3. The first-order chi connectivity index (χ1) is 15.9. The van der Waals surface area contributed by atoms with Crippen LogP contribution in [-0.2, 0) is 9.59 Å². The quantitative estimate of drug-likeness (QED) is 0.335. The molecule has 1 aliphatic heterocycles. The van der Waals surface area contributed by atoms with Gasteiger partial charge < -0.3 is 4.74 Å². The summed E-state index contributed by atoms with van der Waals surface area (Å²) in [6.45, 7) is 1.88. The Kier molecular flexibility index (Phi) is 5.32. The number of fused-ring (bicyclic) bond motifs is 2. The van der Waals surface area contributed by atoms with Crippen LogP contribution in [0.1, 0.15) is 47.2 Å². The number of amides is 4. The number of aryl methyl sites for hydroxylation is 1. The van der Waals surface area contributed by atoms with E-state index in [1.165, 1.54) is 11.0 Å². The van der Waals surface area contributed by atoms with Gasteiger partial charge in [0.25, 0.3) is 11.8 Å². The van der Waals surface area contributed by atoms with Crippen molar-refractivity contribution in [2.75, 3.05) is 0 Å². The van der Waals surface area contributed by atoms with Gasteiger partial charge in [0.15, 0.2) is 0 Å². The lowest BCUT2D eigenvalue weighted by molar-refractivity contribution is -0.132. The van der Waals surface area contributed by atoms with Gasteiger partial charge in [-0.2, -0.15) is 0 Å². The minimum absolute atomic E-state index is 0.142. The Labute approximate surface area is 191 Å². The monoisotopic (exact) mass is 444 g/mol. The van der Waals surface area contributed by atoms with E-state index in [0.717, 1.165) is 31.2 Å². The number of nitrogens with one attached hydrogen (secondary N) is 1. The van der Waals surface area contributed by atoms with Gasteiger partial charge >= 0.3 is 12.0 Å². The first-order valence-corrected chi connectivity index (χ1v) is 11.2. The van der Waals surface area contributed by atoms with E-state index in [0.29, 0.717) is 23.0 Å². The number of imide groups is 2. The van der Waals surface area contributed by atoms with Gasteiger partial charge in [-0.15, -0.1) is 0 Å². The molecule has 168 valence electrons. The van der Waals surface area contributed by atoms with E-state index in [-0.39, 0.29) is 17.4 Å². The van der Waals surface area contributed by atoms with Crippen molar-refractivity contribution in [1.29, 1.82) is 0 Å². The highest BCUT2D eigenvalue weighted by molar-refractivity contribution is 6.31. The Morgan fingerprint density at radius 3 is 2.61 bits per heavy atom. The van der Waals surface area contributed by atoms with Crippen LogP contribution in [0.4, 0.5) is 4.79 Å². The minimum atomic E-state index is -0.746. The van der Waals surface area contributed by atoms with Crippen LogP contribution in [0, 0.1) is 18.8 Å². The molecule has 7 nitrogen and oxygen atoms in total. The molecule has 0 spiro atoms. The van der Waals surface area contributed by atoms with Crippen LogP contribution in [0.5, 0.6) is 5.75 Å². The van der Waals surface area contributed by atoms with Crippen LogP contribution in [0.3, 0.4) is 0 Å². The molecule has 3 aliphatic rings. The largest absolute Gasteiger partial charge is 0.422 e. The van der Waals surface area contributed by atoms with E-state index >= 15 is 0 Å². The van der Waals surface area contributed by atoms with Crippen molar-refractivity contribution < 1.29 is 23.9 Å². The second-order valence-corrected chi connectivity index (χ2v) is 9.03. The molecule has 2 aromatic carbocycles. The van der Waals surface area contributed by atoms with E-state index < -0.39 is 23.8 Å². The number of urea groups is 1. The minimum Gasteiger partial charge on any atom is -0.422 e. The lowest BCUT2D eigenvalue weighted by Crippen LogP contribution is -2.58. The Bertz CT molecular complexity index is 1200. The van der Waals surface area contributed by atoms with E-state index in [9.17, 15) is 19.2 Å². The molecule has 2 aliphatic carbocycles. The molecule has 1 saturated heterocycles. The Balaban J connectivity index is 1.43. The van der Waals surface area contributed by atoms with Gasteiger partial charge in [0.05, 0.1) is 5.56 Å². The molecular weight excluding hydrogens is 420 g/mol. The molecule has 0 unspecified atom stereocenters. The van der Waals surface area contributed by atoms with Crippen molar-refractivity contribution in [3.05, 3.63) is 70.8 Å². The Hall–Kier alpha value is -3.74. The fourth-order valence-electron chi connectivity index (χ4n) is 5.28. The number of benzene rings is 2. The summed E-state index contributed by atoms with van der Waals surface area (Å²) in [5, 5.41) is 2.31. The fourth-order valence-corrected chi connectivity index (χ4v) is 5.28. The van der Waals surface area contributed by atoms with Crippen LogP contribution in [-0.4, -0.2) is 34.8 Å². The third kappa shape index (κ3) is 3.95. The second kappa shape index (κ2) is 8.31. The van der Waals surface area contributed by atoms with Crippen molar-refractivity contribution in [3.8, 4) is 5.75 Å². The highest BCUT2D eigenvalue weighted by Gasteiger charge is 2.49. The van der Waals surface area contributed by atoms with E-state index in [4.69, 9.17) is 4.74 Å². The maximum absolute atomic E-state index is 13.3.